The number of likely N-dealkylation sites (tertiary alicyclic amines) is 1. The molecule has 0 radical (unpaired) electrons. The van der Waals surface area contributed by atoms with Crippen LogP contribution in [0, 0.1) is 5.92 Å². The van der Waals surface area contributed by atoms with Crippen molar-refractivity contribution in [3.05, 3.63) is 23.8 Å². The van der Waals surface area contributed by atoms with Crippen LogP contribution in [0.1, 0.15) is 18.9 Å². The minimum absolute atomic E-state index is 0.0865. The van der Waals surface area contributed by atoms with Gasteiger partial charge < -0.3 is 15.3 Å². The summed E-state index contributed by atoms with van der Waals surface area (Å²) in [5.74, 6) is -3.30. The number of carbonyl (C=O) groups excluding carboxylic acids is 2. The predicted molar refractivity (Wildman–Crippen MR) is 70.5 cm³/mol. The smallest absolute Gasteiger partial charge is 0.326 e. The van der Waals surface area contributed by atoms with Gasteiger partial charge in [-0.15, -0.1) is 0 Å². The van der Waals surface area contributed by atoms with E-state index >= 15 is 0 Å². The number of carboxylic acids is 1. The molecule has 0 aromatic heterocycles. The van der Waals surface area contributed by atoms with E-state index in [2.05, 4.69) is 0 Å². The minimum atomic E-state index is -1.25. The van der Waals surface area contributed by atoms with Gasteiger partial charge in [0.1, 0.15) is 17.5 Å². The Morgan fingerprint density at radius 1 is 1.38 bits per heavy atom. The van der Waals surface area contributed by atoms with Gasteiger partial charge in [0, 0.05) is 12.5 Å². The average Bonchev–Trinajstić information content (AvgIpc) is 2.67. The van der Waals surface area contributed by atoms with Crippen LogP contribution in [0.5, 0.6) is 11.5 Å². The Labute approximate surface area is 120 Å². The first kappa shape index (κ1) is 14.8. The van der Waals surface area contributed by atoms with E-state index in [1.807, 2.05) is 0 Å². The third kappa shape index (κ3) is 2.81. The molecule has 1 aromatic carbocycles. The van der Waals surface area contributed by atoms with Gasteiger partial charge in [-0.05, 0) is 25.0 Å². The molecule has 1 heterocycles. The molecule has 112 valence electrons. The number of phenolic OH excluding ortho intramolecular Hbond substituents is 2. The predicted octanol–water partition coefficient (Wildman–Crippen LogP) is 0.488. The third-order valence-electron chi connectivity index (χ3n) is 3.56. The summed E-state index contributed by atoms with van der Waals surface area (Å²) < 4.78 is 0. The summed E-state index contributed by atoms with van der Waals surface area (Å²) in [5.41, 5.74) is 0.420. The minimum Gasteiger partial charge on any atom is -0.508 e. The molecule has 0 bridgehead atoms. The SMILES string of the molecule is CC(C(=O)O)N1C(=O)CC(Cc2ccc(O)cc2O)C1=O. The fourth-order valence-corrected chi connectivity index (χ4v) is 2.38. The van der Waals surface area contributed by atoms with Crippen molar-refractivity contribution in [2.45, 2.75) is 25.8 Å². The molecule has 2 unspecified atom stereocenters. The van der Waals surface area contributed by atoms with E-state index in [1.165, 1.54) is 19.1 Å². The van der Waals surface area contributed by atoms with Gasteiger partial charge in [-0.25, -0.2) is 4.79 Å². The van der Waals surface area contributed by atoms with Crippen LogP contribution in [0.3, 0.4) is 0 Å². The molecule has 2 rings (SSSR count). The third-order valence-corrected chi connectivity index (χ3v) is 3.56. The first-order valence-corrected chi connectivity index (χ1v) is 6.40. The lowest BCUT2D eigenvalue weighted by atomic mass is 9.97. The van der Waals surface area contributed by atoms with E-state index in [4.69, 9.17) is 5.11 Å². The van der Waals surface area contributed by atoms with Crippen molar-refractivity contribution >= 4 is 17.8 Å². The number of carbonyl (C=O) groups is 3. The van der Waals surface area contributed by atoms with E-state index in [0.717, 1.165) is 11.0 Å². The molecule has 0 saturated carbocycles. The van der Waals surface area contributed by atoms with Crippen LogP contribution in [0.4, 0.5) is 0 Å². The Morgan fingerprint density at radius 3 is 2.62 bits per heavy atom. The summed E-state index contributed by atoms with van der Waals surface area (Å²) in [7, 11) is 0. The molecule has 1 aromatic rings. The van der Waals surface area contributed by atoms with Gasteiger partial charge in [0.05, 0.1) is 5.92 Å². The lowest BCUT2D eigenvalue weighted by Crippen LogP contribution is -2.43. The standard InChI is InChI=1S/C14H15NO6/c1-7(14(20)21)15-12(18)5-9(13(15)19)4-8-2-3-10(16)6-11(8)17/h2-3,6-7,9,16-17H,4-5H2,1H3,(H,20,21). The van der Waals surface area contributed by atoms with Crippen LogP contribution in [-0.2, 0) is 20.8 Å². The molecular formula is C14H15NO6. The lowest BCUT2D eigenvalue weighted by molar-refractivity contribution is -0.153. The summed E-state index contributed by atoms with van der Waals surface area (Å²) in [6, 6.07) is 2.77. The highest BCUT2D eigenvalue weighted by Crippen LogP contribution is 2.30. The first-order chi connectivity index (χ1) is 9.81. The molecular weight excluding hydrogens is 278 g/mol. The number of carboxylic acid groups (broad SMARTS) is 1. The maximum Gasteiger partial charge on any atom is 0.326 e. The van der Waals surface area contributed by atoms with E-state index in [0.29, 0.717) is 5.56 Å². The number of hydrogen-bond acceptors (Lipinski definition) is 5. The highest BCUT2D eigenvalue weighted by molar-refractivity contribution is 6.06. The van der Waals surface area contributed by atoms with Gasteiger partial charge in [-0.2, -0.15) is 0 Å². The maximum absolute atomic E-state index is 12.2. The largest absolute Gasteiger partial charge is 0.508 e. The molecule has 7 heteroatoms. The van der Waals surface area contributed by atoms with Crippen LogP contribution >= 0.6 is 0 Å². The number of hydrogen-bond donors (Lipinski definition) is 3. The van der Waals surface area contributed by atoms with Crippen molar-refractivity contribution in [2.75, 3.05) is 0 Å². The second-order valence-electron chi connectivity index (χ2n) is 5.03. The van der Waals surface area contributed by atoms with Crippen molar-refractivity contribution in [1.82, 2.24) is 4.90 Å². The normalized spacial score (nSPS) is 19.9. The zero-order valence-electron chi connectivity index (χ0n) is 11.3. The summed E-state index contributed by atoms with van der Waals surface area (Å²) in [6.07, 6.45) is 0.0241. The molecule has 1 aliphatic heterocycles. The van der Waals surface area contributed by atoms with E-state index < -0.39 is 29.7 Å². The van der Waals surface area contributed by atoms with Gasteiger partial charge in [-0.3, -0.25) is 14.5 Å². The van der Waals surface area contributed by atoms with Crippen molar-refractivity contribution in [2.24, 2.45) is 5.92 Å². The Hall–Kier alpha value is -2.57. The summed E-state index contributed by atoms with van der Waals surface area (Å²) in [4.78, 5) is 35.6. The Bertz CT molecular complexity index is 611. The monoisotopic (exact) mass is 293 g/mol. The molecule has 0 aliphatic carbocycles. The van der Waals surface area contributed by atoms with Gasteiger partial charge in [0.25, 0.3) is 0 Å². The lowest BCUT2D eigenvalue weighted by Gasteiger charge is -2.19. The fraction of sp³-hybridized carbons (Fsp3) is 0.357. The highest BCUT2D eigenvalue weighted by Gasteiger charge is 2.43. The van der Waals surface area contributed by atoms with Gasteiger partial charge in [0.15, 0.2) is 0 Å². The van der Waals surface area contributed by atoms with Crippen LogP contribution in [0.25, 0.3) is 0 Å². The van der Waals surface area contributed by atoms with Crippen molar-refractivity contribution in [3.8, 4) is 11.5 Å². The van der Waals surface area contributed by atoms with Gasteiger partial charge in [-0.1, -0.05) is 6.07 Å². The number of rotatable bonds is 4. The van der Waals surface area contributed by atoms with Crippen LogP contribution < -0.4 is 0 Å². The number of aliphatic carboxylic acids is 1. The van der Waals surface area contributed by atoms with Crippen LogP contribution in [0.2, 0.25) is 0 Å². The summed E-state index contributed by atoms with van der Waals surface area (Å²) in [6.45, 7) is 1.28. The number of imide groups is 1. The highest BCUT2D eigenvalue weighted by atomic mass is 16.4. The number of benzene rings is 1. The second-order valence-corrected chi connectivity index (χ2v) is 5.03. The first-order valence-electron chi connectivity index (χ1n) is 6.40. The average molecular weight is 293 g/mol. The summed E-state index contributed by atoms with van der Waals surface area (Å²) >= 11 is 0. The Balaban J connectivity index is 2.18. The maximum atomic E-state index is 12.2. The zero-order valence-corrected chi connectivity index (χ0v) is 11.3. The van der Waals surface area contributed by atoms with Crippen molar-refractivity contribution in [3.63, 3.8) is 0 Å². The van der Waals surface area contributed by atoms with E-state index in [-0.39, 0.29) is 24.3 Å². The number of amides is 2. The molecule has 1 aliphatic rings. The zero-order chi connectivity index (χ0) is 15.7. The van der Waals surface area contributed by atoms with Gasteiger partial charge >= 0.3 is 5.97 Å². The number of aromatic hydroxyl groups is 2. The molecule has 3 N–H and O–H groups in total. The van der Waals surface area contributed by atoms with E-state index in [9.17, 15) is 24.6 Å². The van der Waals surface area contributed by atoms with Crippen LogP contribution in [0.15, 0.2) is 18.2 Å². The number of phenols is 2. The molecule has 7 nitrogen and oxygen atoms in total. The molecule has 2 atom stereocenters. The van der Waals surface area contributed by atoms with Crippen molar-refractivity contribution < 1.29 is 29.7 Å². The fourth-order valence-electron chi connectivity index (χ4n) is 2.38. The number of nitrogens with zero attached hydrogens (tertiary/aromatic N) is 1. The second kappa shape index (κ2) is 5.43. The quantitative estimate of drug-likeness (QED) is 0.696. The molecule has 21 heavy (non-hydrogen) atoms. The van der Waals surface area contributed by atoms with E-state index in [1.54, 1.807) is 0 Å². The molecule has 0 spiro atoms. The topological polar surface area (TPSA) is 115 Å². The van der Waals surface area contributed by atoms with Crippen LogP contribution in [-0.4, -0.2) is 44.0 Å². The Morgan fingerprint density at radius 2 is 2.05 bits per heavy atom. The Kier molecular flexibility index (Phi) is 3.84. The molecule has 1 fully saturated rings. The molecule has 2 amide bonds. The summed E-state index contributed by atoms with van der Waals surface area (Å²) in [5, 5.41) is 27.8. The molecule has 1 saturated heterocycles. The van der Waals surface area contributed by atoms with Crippen molar-refractivity contribution in [1.29, 1.82) is 0 Å². The van der Waals surface area contributed by atoms with Gasteiger partial charge in [0.2, 0.25) is 11.8 Å².